The Bertz CT molecular complexity index is 638. The SMILES string of the molecule is C#C[C@H](O[Si](c1ccccc1)(c1ccccc1)C(C)(C)C)C(C)C. The lowest BCUT2D eigenvalue weighted by atomic mass is 10.1. The lowest BCUT2D eigenvalue weighted by Gasteiger charge is -2.45. The van der Waals surface area contributed by atoms with Gasteiger partial charge >= 0.3 is 0 Å². The smallest absolute Gasteiger partial charge is 0.262 e. The maximum atomic E-state index is 6.89. The summed E-state index contributed by atoms with van der Waals surface area (Å²) in [7, 11) is -2.54. The normalized spacial score (nSPS) is 13.5. The van der Waals surface area contributed by atoms with Crippen molar-refractivity contribution in [2.24, 2.45) is 5.92 Å². The van der Waals surface area contributed by atoms with Gasteiger partial charge in [0.15, 0.2) is 0 Å². The minimum absolute atomic E-state index is 0.0420. The second-order valence-electron chi connectivity index (χ2n) is 7.61. The number of hydrogen-bond acceptors (Lipinski definition) is 1. The molecule has 0 aliphatic carbocycles. The summed E-state index contributed by atoms with van der Waals surface area (Å²) in [6.07, 6.45) is 5.63. The highest BCUT2D eigenvalue weighted by Crippen LogP contribution is 2.38. The molecular weight excluding hydrogens is 308 g/mol. The summed E-state index contributed by atoms with van der Waals surface area (Å²) in [5.41, 5.74) is 0. The van der Waals surface area contributed by atoms with E-state index < -0.39 is 8.32 Å². The van der Waals surface area contributed by atoms with Crippen LogP contribution in [0.4, 0.5) is 0 Å². The van der Waals surface area contributed by atoms with E-state index in [1.54, 1.807) is 0 Å². The highest BCUT2D eigenvalue weighted by molar-refractivity contribution is 6.99. The van der Waals surface area contributed by atoms with E-state index >= 15 is 0 Å². The second kappa shape index (κ2) is 7.38. The monoisotopic (exact) mass is 336 g/mol. The van der Waals surface area contributed by atoms with Crippen molar-refractivity contribution < 1.29 is 4.43 Å². The second-order valence-corrected chi connectivity index (χ2v) is 11.9. The fraction of sp³-hybridized carbons (Fsp3) is 0.364. The van der Waals surface area contributed by atoms with Gasteiger partial charge in [0, 0.05) is 0 Å². The fourth-order valence-electron chi connectivity index (χ4n) is 3.24. The van der Waals surface area contributed by atoms with Crippen LogP contribution in [0.5, 0.6) is 0 Å². The summed E-state index contributed by atoms with van der Waals surface area (Å²) in [6, 6.07) is 21.2. The largest absolute Gasteiger partial charge is 0.394 e. The predicted molar refractivity (Wildman–Crippen MR) is 106 cm³/mol. The summed E-state index contributed by atoms with van der Waals surface area (Å²) in [5, 5.41) is 2.49. The van der Waals surface area contributed by atoms with Crippen molar-refractivity contribution in [1.29, 1.82) is 0 Å². The number of rotatable bonds is 5. The van der Waals surface area contributed by atoms with E-state index in [1.165, 1.54) is 10.4 Å². The lowest BCUT2D eigenvalue weighted by molar-refractivity contribution is 0.193. The molecule has 24 heavy (non-hydrogen) atoms. The Morgan fingerprint density at radius 2 is 1.29 bits per heavy atom. The van der Waals surface area contributed by atoms with Gasteiger partial charge < -0.3 is 4.43 Å². The van der Waals surface area contributed by atoms with Crippen LogP contribution in [0, 0.1) is 18.3 Å². The van der Waals surface area contributed by atoms with Crippen LogP contribution < -0.4 is 10.4 Å². The summed E-state index contributed by atoms with van der Waals surface area (Å²) >= 11 is 0. The van der Waals surface area contributed by atoms with Crippen molar-refractivity contribution in [1.82, 2.24) is 0 Å². The molecule has 0 amide bonds. The van der Waals surface area contributed by atoms with Crippen LogP contribution in [-0.4, -0.2) is 14.4 Å². The van der Waals surface area contributed by atoms with Crippen molar-refractivity contribution in [3.8, 4) is 12.3 Å². The third-order valence-electron chi connectivity index (χ3n) is 4.49. The van der Waals surface area contributed by atoms with Crippen LogP contribution in [-0.2, 0) is 4.43 Å². The Morgan fingerprint density at radius 3 is 1.58 bits per heavy atom. The molecule has 0 aliphatic heterocycles. The molecule has 0 N–H and O–H groups in total. The molecule has 2 aromatic carbocycles. The van der Waals surface area contributed by atoms with Gasteiger partial charge in [-0.25, -0.2) is 0 Å². The molecule has 0 aromatic heterocycles. The van der Waals surface area contributed by atoms with Crippen molar-refractivity contribution in [3.63, 3.8) is 0 Å². The average Bonchev–Trinajstić information content (AvgIpc) is 2.56. The van der Waals surface area contributed by atoms with Crippen LogP contribution in [0.25, 0.3) is 0 Å². The summed E-state index contributed by atoms with van der Waals surface area (Å²) in [5.74, 6) is 3.16. The van der Waals surface area contributed by atoms with E-state index in [4.69, 9.17) is 10.8 Å². The van der Waals surface area contributed by atoms with Gasteiger partial charge in [0.2, 0.25) is 0 Å². The molecule has 1 atom stereocenters. The molecule has 0 unspecified atom stereocenters. The van der Waals surface area contributed by atoms with Crippen LogP contribution in [0.3, 0.4) is 0 Å². The maximum Gasteiger partial charge on any atom is 0.262 e. The van der Waals surface area contributed by atoms with Gasteiger partial charge in [0.05, 0.1) is 0 Å². The minimum Gasteiger partial charge on any atom is -0.394 e. The van der Waals surface area contributed by atoms with Crippen molar-refractivity contribution >= 4 is 18.7 Å². The minimum atomic E-state index is -2.54. The Balaban J connectivity index is 2.73. The first-order valence-electron chi connectivity index (χ1n) is 8.58. The van der Waals surface area contributed by atoms with Gasteiger partial charge in [-0.2, -0.15) is 0 Å². The third kappa shape index (κ3) is 3.48. The Labute approximate surface area is 148 Å². The van der Waals surface area contributed by atoms with Gasteiger partial charge in [0.1, 0.15) is 6.10 Å². The van der Waals surface area contributed by atoms with Crippen LogP contribution >= 0.6 is 0 Å². The van der Waals surface area contributed by atoms with Gasteiger partial charge in [-0.1, -0.05) is 101 Å². The number of benzene rings is 2. The molecule has 0 saturated carbocycles. The van der Waals surface area contributed by atoms with Gasteiger partial charge in [-0.15, -0.1) is 6.42 Å². The lowest BCUT2D eigenvalue weighted by Crippen LogP contribution is -2.68. The molecule has 0 fully saturated rings. The first-order chi connectivity index (χ1) is 11.3. The van der Waals surface area contributed by atoms with Crippen LogP contribution in [0.1, 0.15) is 34.6 Å². The molecule has 0 spiro atoms. The highest BCUT2D eigenvalue weighted by atomic mass is 28.4. The molecule has 2 aromatic rings. The summed E-state index contributed by atoms with van der Waals surface area (Å²) in [6.45, 7) is 11.1. The van der Waals surface area contributed by atoms with Gasteiger partial charge in [-0.05, 0) is 21.3 Å². The summed E-state index contributed by atoms with van der Waals surface area (Å²) < 4.78 is 6.89. The van der Waals surface area contributed by atoms with Crippen molar-refractivity contribution in [3.05, 3.63) is 60.7 Å². The van der Waals surface area contributed by atoms with E-state index in [-0.39, 0.29) is 17.1 Å². The average molecular weight is 337 g/mol. The zero-order valence-corrected chi connectivity index (χ0v) is 16.4. The summed E-state index contributed by atoms with van der Waals surface area (Å²) in [4.78, 5) is 0. The first kappa shape index (κ1) is 18.5. The fourth-order valence-corrected chi connectivity index (χ4v) is 7.98. The Morgan fingerprint density at radius 1 is 0.875 bits per heavy atom. The van der Waals surface area contributed by atoms with E-state index in [0.717, 1.165) is 0 Å². The molecule has 2 heteroatoms. The molecular formula is C22H28OSi. The van der Waals surface area contributed by atoms with Crippen molar-refractivity contribution in [2.75, 3.05) is 0 Å². The van der Waals surface area contributed by atoms with E-state index in [9.17, 15) is 0 Å². The quantitative estimate of drug-likeness (QED) is 0.587. The van der Waals surface area contributed by atoms with Gasteiger partial charge in [0.25, 0.3) is 8.32 Å². The van der Waals surface area contributed by atoms with E-state index in [2.05, 4.69) is 101 Å². The topological polar surface area (TPSA) is 9.23 Å². The number of hydrogen-bond donors (Lipinski definition) is 0. The Kier molecular flexibility index (Phi) is 5.69. The molecule has 1 nitrogen and oxygen atoms in total. The number of terminal acetylenes is 1. The van der Waals surface area contributed by atoms with Crippen molar-refractivity contribution in [2.45, 2.75) is 45.8 Å². The van der Waals surface area contributed by atoms with E-state index in [0.29, 0.717) is 0 Å². The maximum absolute atomic E-state index is 6.89. The highest BCUT2D eigenvalue weighted by Gasteiger charge is 2.51. The zero-order chi connectivity index (χ0) is 17.8. The molecule has 126 valence electrons. The van der Waals surface area contributed by atoms with E-state index in [1.807, 2.05) is 0 Å². The van der Waals surface area contributed by atoms with Crippen LogP contribution in [0.15, 0.2) is 60.7 Å². The van der Waals surface area contributed by atoms with Gasteiger partial charge in [-0.3, -0.25) is 0 Å². The predicted octanol–water partition coefficient (Wildman–Crippen LogP) is 4.22. The first-order valence-corrected chi connectivity index (χ1v) is 10.5. The third-order valence-corrected chi connectivity index (χ3v) is 9.50. The molecule has 0 heterocycles. The molecule has 0 bridgehead atoms. The van der Waals surface area contributed by atoms with Crippen LogP contribution in [0.2, 0.25) is 5.04 Å². The standard InChI is InChI=1S/C22H28OSi/c1-7-21(18(2)3)23-24(22(4,5)6,19-14-10-8-11-15-19)20-16-12-9-13-17-20/h1,8-18,21H,2-6H3/t21-/m0/s1. The molecule has 0 radical (unpaired) electrons. The zero-order valence-electron chi connectivity index (χ0n) is 15.4. The molecule has 0 saturated heterocycles. The molecule has 0 aliphatic rings. The molecule has 2 rings (SSSR count). The Hall–Kier alpha value is -1.82.